The fourth-order valence-electron chi connectivity index (χ4n) is 3.58. The Hall–Kier alpha value is -3.48. The summed E-state index contributed by atoms with van der Waals surface area (Å²) in [5.41, 5.74) is 5.67. The molecule has 2 aliphatic rings. The van der Waals surface area contributed by atoms with Gasteiger partial charge in [-0.05, 0) is 12.1 Å². The number of carbonyl (C=O) groups is 2. The van der Waals surface area contributed by atoms with E-state index in [-0.39, 0.29) is 17.5 Å². The Balaban J connectivity index is 1.58. The van der Waals surface area contributed by atoms with E-state index in [0.29, 0.717) is 48.9 Å². The Bertz CT molecular complexity index is 1130. The lowest BCUT2D eigenvalue weighted by Crippen LogP contribution is -2.45. The minimum atomic E-state index is -1.67. The standard InChI is InChI=1S/C23H25N5O4/c1-22(13-32-14-22)12-26-17-11-25-20(27-18(17)19(24)29)16-5-3-4-15(10-16)6-7-23(31)8-9-28(2)21(23)30/h3-5,10-11,26,31H,8-9,12-14H2,1-2H3,(H2,24,29). The molecule has 0 radical (unpaired) electrons. The summed E-state index contributed by atoms with van der Waals surface area (Å²) in [6, 6.07) is 7.05. The van der Waals surface area contributed by atoms with Crippen LogP contribution in [0.5, 0.6) is 0 Å². The second-order valence-corrected chi connectivity index (χ2v) is 8.64. The van der Waals surface area contributed by atoms with Gasteiger partial charge in [-0.1, -0.05) is 30.9 Å². The van der Waals surface area contributed by atoms with Gasteiger partial charge in [-0.3, -0.25) is 9.59 Å². The summed E-state index contributed by atoms with van der Waals surface area (Å²) in [5.74, 6) is 4.82. The van der Waals surface area contributed by atoms with Crippen molar-refractivity contribution in [2.24, 2.45) is 11.1 Å². The monoisotopic (exact) mass is 435 g/mol. The van der Waals surface area contributed by atoms with E-state index in [2.05, 4.69) is 34.0 Å². The van der Waals surface area contributed by atoms with E-state index >= 15 is 0 Å². The van der Waals surface area contributed by atoms with E-state index in [1.807, 2.05) is 0 Å². The third kappa shape index (κ3) is 4.28. The average molecular weight is 435 g/mol. The SMILES string of the molecule is CN1CCC(O)(C#Cc2cccc(-c3ncc(NCC4(C)COC4)c(C(N)=O)n3)c2)C1=O. The van der Waals surface area contributed by atoms with E-state index in [1.54, 1.807) is 37.5 Å². The van der Waals surface area contributed by atoms with Gasteiger partial charge in [0.25, 0.3) is 11.8 Å². The number of anilines is 1. The van der Waals surface area contributed by atoms with Crippen molar-refractivity contribution in [3.05, 3.63) is 41.7 Å². The minimum absolute atomic E-state index is 0.000163. The van der Waals surface area contributed by atoms with E-state index in [1.165, 1.54) is 4.90 Å². The quantitative estimate of drug-likeness (QED) is 0.587. The number of benzene rings is 1. The zero-order chi connectivity index (χ0) is 22.9. The first-order valence-corrected chi connectivity index (χ1v) is 10.3. The number of carbonyl (C=O) groups excluding carboxylic acids is 2. The second kappa shape index (κ2) is 8.22. The molecule has 4 N–H and O–H groups in total. The van der Waals surface area contributed by atoms with Gasteiger partial charge in [0, 0.05) is 43.1 Å². The molecule has 1 unspecified atom stereocenters. The highest BCUT2D eigenvalue weighted by atomic mass is 16.5. The molecule has 1 aromatic heterocycles. The molecule has 166 valence electrons. The lowest BCUT2D eigenvalue weighted by atomic mass is 9.88. The molecular formula is C23H25N5O4. The number of likely N-dealkylation sites (tertiary alicyclic amines) is 1. The van der Waals surface area contributed by atoms with Crippen LogP contribution in [0.15, 0.2) is 30.5 Å². The van der Waals surface area contributed by atoms with E-state index in [9.17, 15) is 14.7 Å². The topological polar surface area (TPSA) is 131 Å². The van der Waals surface area contributed by atoms with E-state index < -0.39 is 17.4 Å². The largest absolute Gasteiger partial charge is 0.381 e. The molecule has 2 fully saturated rings. The molecule has 4 rings (SSSR count). The first-order valence-electron chi connectivity index (χ1n) is 10.3. The van der Waals surface area contributed by atoms with Crippen LogP contribution in [0.4, 0.5) is 5.69 Å². The van der Waals surface area contributed by atoms with E-state index in [0.717, 1.165) is 0 Å². The fraction of sp³-hybridized carbons (Fsp3) is 0.391. The predicted molar refractivity (Wildman–Crippen MR) is 117 cm³/mol. The third-order valence-corrected chi connectivity index (χ3v) is 5.67. The van der Waals surface area contributed by atoms with Gasteiger partial charge >= 0.3 is 0 Å². The number of aromatic nitrogens is 2. The highest BCUT2D eigenvalue weighted by Crippen LogP contribution is 2.28. The number of likely N-dealkylation sites (N-methyl/N-ethyl adjacent to an activating group) is 1. The van der Waals surface area contributed by atoms with Crippen LogP contribution in [0.2, 0.25) is 0 Å². The number of nitrogens with one attached hydrogen (secondary N) is 1. The Kier molecular flexibility index (Phi) is 5.59. The molecule has 0 spiro atoms. The lowest BCUT2D eigenvalue weighted by molar-refractivity contribution is -0.137. The second-order valence-electron chi connectivity index (χ2n) is 8.64. The van der Waals surface area contributed by atoms with Crippen molar-refractivity contribution in [3.63, 3.8) is 0 Å². The van der Waals surface area contributed by atoms with Crippen molar-refractivity contribution in [3.8, 4) is 23.2 Å². The number of nitrogens with zero attached hydrogens (tertiary/aromatic N) is 3. The zero-order valence-corrected chi connectivity index (χ0v) is 18.0. The van der Waals surface area contributed by atoms with Crippen molar-refractivity contribution in [1.82, 2.24) is 14.9 Å². The maximum absolute atomic E-state index is 12.1. The number of aliphatic hydroxyl groups is 1. The average Bonchev–Trinajstić information content (AvgIpc) is 3.03. The minimum Gasteiger partial charge on any atom is -0.381 e. The maximum Gasteiger partial charge on any atom is 0.269 e. The van der Waals surface area contributed by atoms with Crippen LogP contribution in [0, 0.1) is 17.3 Å². The van der Waals surface area contributed by atoms with Gasteiger partial charge in [0.2, 0.25) is 5.60 Å². The van der Waals surface area contributed by atoms with Crippen LogP contribution < -0.4 is 11.1 Å². The van der Waals surface area contributed by atoms with Crippen molar-refractivity contribution in [2.45, 2.75) is 18.9 Å². The van der Waals surface area contributed by atoms with Crippen LogP contribution in [-0.4, -0.2) is 70.7 Å². The van der Waals surface area contributed by atoms with Gasteiger partial charge in [0.05, 0.1) is 25.1 Å². The molecule has 1 atom stereocenters. The molecule has 0 saturated carbocycles. The fourth-order valence-corrected chi connectivity index (χ4v) is 3.58. The highest BCUT2D eigenvalue weighted by molar-refractivity contribution is 5.96. The number of rotatable bonds is 5. The summed E-state index contributed by atoms with van der Waals surface area (Å²) < 4.78 is 5.25. The molecule has 1 aromatic carbocycles. The molecule has 0 bridgehead atoms. The van der Waals surface area contributed by atoms with Crippen molar-refractivity contribution in [1.29, 1.82) is 0 Å². The van der Waals surface area contributed by atoms with Crippen molar-refractivity contribution < 1.29 is 19.4 Å². The van der Waals surface area contributed by atoms with Gasteiger partial charge < -0.3 is 25.8 Å². The highest BCUT2D eigenvalue weighted by Gasteiger charge is 2.42. The Morgan fingerprint density at radius 1 is 1.41 bits per heavy atom. The van der Waals surface area contributed by atoms with Crippen LogP contribution >= 0.6 is 0 Å². The van der Waals surface area contributed by atoms with Gasteiger partial charge in [0.1, 0.15) is 0 Å². The predicted octanol–water partition coefficient (Wildman–Crippen LogP) is 0.636. The van der Waals surface area contributed by atoms with Crippen LogP contribution in [0.1, 0.15) is 29.4 Å². The summed E-state index contributed by atoms with van der Waals surface area (Å²) in [4.78, 5) is 34.3. The van der Waals surface area contributed by atoms with Gasteiger partial charge in [0.15, 0.2) is 11.5 Å². The summed E-state index contributed by atoms with van der Waals surface area (Å²) in [6.45, 7) is 4.45. The summed E-state index contributed by atoms with van der Waals surface area (Å²) in [6.07, 6.45) is 1.80. The molecule has 2 saturated heterocycles. The van der Waals surface area contributed by atoms with Crippen LogP contribution in [0.3, 0.4) is 0 Å². The number of amides is 2. The Morgan fingerprint density at radius 3 is 2.81 bits per heavy atom. The zero-order valence-electron chi connectivity index (χ0n) is 18.0. The molecule has 3 heterocycles. The van der Waals surface area contributed by atoms with Crippen LogP contribution in [0.25, 0.3) is 11.4 Å². The number of hydrogen-bond donors (Lipinski definition) is 3. The Labute approximate surface area is 186 Å². The lowest BCUT2D eigenvalue weighted by Gasteiger charge is -2.38. The van der Waals surface area contributed by atoms with Crippen LogP contribution in [-0.2, 0) is 9.53 Å². The van der Waals surface area contributed by atoms with Gasteiger partial charge in [-0.15, -0.1) is 0 Å². The maximum atomic E-state index is 12.1. The molecule has 32 heavy (non-hydrogen) atoms. The number of ether oxygens (including phenoxy) is 1. The molecular weight excluding hydrogens is 410 g/mol. The summed E-state index contributed by atoms with van der Waals surface area (Å²) in [7, 11) is 1.63. The summed E-state index contributed by atoms with van der Waals surface area (Å²) >= 11 is 0. The number of primary amides is 1. The number of hydrogen-bond acceptors (Lipinski definition) is 7. The third-order valence-electron chi connectivity index (χ3n) is 5.67. The first kappa shape index (κ1) is 21.7. The molecule has 2 aliphatic heterocycles. The van der Waals surface area contributed by atoms with Crippen molar-refractivity contribution >= 4 is 17.5 Å². The Morgan fingerprint density at radius 2 is 2.19 bits per heavy atom. The summed E-state index contributed by atoms with van der Waals surface area (Å²) in [5, 5.41) is 13.7. The normalized spacial score (nSPS) is 21.5. The van der Waals surface area contributed by atoms with Gasteiger partial charge in [-0.2, -0.15) is 0 Å². The van der Waals surface area contributed by atoms with E-state index in [4.69, 9.17) is 10.5 Å². The first-order chi connectivity index (χ1) is 15.2. The molecule has 0 aliphatic carbocycles. The number of nitrogens with two attached hydrogens (primary N) is 1. The smallest absolute Gasteiger partial charge is 0.269 e. The van der Waals surface area contributed by atoms with Crippen molar-refractivity contribution in [2.75, 3.05) is 38.7 Å². The molecule has 9 heteroatoms. The molecule has 2 amide bonds. The molecule has 2 aromatic rings. The van der Waals surface area contributed by atoms with Gasteiger partial charge in [-0.25, -0.2) is 9.97 Å². The molecule has 9 nitrogen and oxygen atoms in total.